The molecule has 0 aromatic heterocycles. The van der Waals surface area contributed by atoms with E-state index in [-0.39, 0.29) is 29.1 Å². The summed E-state index contributed by atoms with van der Waals surface area (Å²) in [5.41, 5.74) is 1.01. The van der Waals surface area contributed by atoms with E-state index in [0.29, 0.717) is 5.75 Å². The average molecular weight is 603 g/mol. The summed E-state index contributed by atoms with van der Waals surface area (Å²) in [4.78, 5) is 28.3. The Hall–Kier alpha value is -3.37. The number of methoxy groups -OCH3 is 1. The van der Waals surface area contributed by atoms with Crippen LogP contribution in [0.3, 0.4) is 0 Å². The summed E-state index contributed by atoms with van der Waals surface area (Å²) in [6.45, 7) is 4.88. The molecule has 8 nitrogen and oxygen atoms in total. The molecule has 0 heterocycles. The number of hydrogen-bond donors (Lipinski definition) is 1. The number of rotatable bonds is 11. The van der Waals surface area contributed by atoms with Gasteiger partial charge in [-0.2, -0.15) is 0 Å². The van der Waals surface area contributed by atoms with Crippen molar-refractivity contribution >= 4 is 43.5 Å². The van der Waals surface area contributed by atoms with E-state index in [1.807, 2.05) is 38.1 Å². The zero-order valence-electron chi connectivity index (χ0n) is 21.8. The van der Waals surface area contributed by atoms with Crippen LogP contribution in [-0.2, 0) is 26.2 Å². The molecule has 38 heavy (non-hydrogen) atoms. The number of ether oxygens (including phenoxy) is 1. The zero-order chi connectivity index (χ0) is 27.9. The highest BCUT2D eigenvalue weighted by Crippen LogP contribution is 2.32. The number of sulfonamides is 1. The second-order valence-corrected chi connectivity index (χ2v) is 11.8. The van der Waals surface area contributed by atoms with Crippen molar-refractivity contribution in [3.63, 3.8) is 0 Å². The number of hydrogen-bond acceptors (Lipinski definition) is 5. The summed E-state index contributed by atoms with van der Waals surface area (Å²) in [5, 5.41) is 2.84. The van der Waals surface area contributed by atoms with E-state index in [1.54, 1.807) is 49.4 Å². The number of carbonyl (C=O) groups is 2. The summed E-state index contributed by atoms with van der Waals surface area (Å²) in [6, 6.07) is 20.9. The van der Waals surface area contributed by atoms with E-state index < -0.39 is 28.5 Å². The van der Waals surface area contributed by atoms with E-state index >= 15 is 0 Å². The second kappa shape index (κ2) is 12.9. The van der Waals surface area contributed by atoms with Gasteiger partial charge in [0.25, 0.3) is 10.0 Å². The smallest absolute Gasteiger partial charge is 0.264 e. The van der Waals surface area contributed by atoms with Crippen LogP contribution in [-0.4, -0.2) is 50.9 Å². The van der Waals surface area contributed by atoms with Crippen LogP contribution in [0.15, 0.2) is 88.2 Å². The Kier molecular flexibility index (Phi) is 9.93. The molecule has 0 spiro atoms. The third-order valence-corrected chi connectivity index (χ3v) is 8.13. The maximum Gasteiger partial charge on any atom is 0.264 e. The molecule has 3 aromatic rings. The van der Waals surface area contributed by atoms with Crippen molar-refractivity contribution in [2.24, 2.45) is 0 Å². The molecular weight excluding hydrogens is 570 g/mol. The van der Waals surface area contributed by atoms with Gasteiger partial charge in [0.1, 0.15) is 18.3 Å². The second-order valence-electron chi connectivity index (χ2n) is 8.98. The Morgan fingerprint density at radius 2 is 1.53 bits per heavy atom. The lowest BCUT2D eigenvalue weighted by Crippen LogP contribution is -2.52. The lowest BCUT2D eigenvalue weighted by molar-refractivity contribution is -0.139. The van der Waals surface area contributed by atoms with Gasteiger partial charge >= 0.3 is 0 Å². The summed E-state index contributed by atoms with van der Waals surface area (Å²) in [6.07, 6.45) is 0. The Labute approximate surface area is 232 Å². The first-order valence-corrected chi connectivity index (χ1v) is 14.3. The van der Waals surface area contributed by atoms with Gasteiger partial charge in [-0.05, 0) is 62.7 Å². The summed E-state index contributed by atoms with van der Waals surface area (Å²) in [7, 11) is -2.72. The van der Waals surface area contributed by atoms with Gasteiger partial charge in [-0.1, -0.05) is 58.4 Å². The van der Waals surface area contributed by atoms with Gasteiger partial charge in [0.2, 0.25) is 11.8 Å². The molecule has 0 aliphatic rings. The third-order valence-electron chi connectivity index (χ3n) is 5.83. The van der Waals surface area contributed by atoms with Crippen LogP contribution in [0.5, 0.6) is 5.75 Å². The number of para-hydroxylation sites is 2. The maximum absolute atomic E-state index is 13.9. The molecule has 0 saturated heterocycles. The Morgan fingerprint density at radius 1 is 0.921 bits per heavy atom. The van der Waals surface area contributed by atoms with E-state index in [4.69, 9.17) is 4.74 Å². The zero-order valence-corrected chi connectivity index (χ0v) is 24.2. The minimum Gasteiger partial charge on any atom is -0.495 e. The number of nitrogens with zero attached hydrogens (tertiary/aromatic N) is 2. The lowest BCUT2D eigenvalue weighted by Gasteiger charge is -2.32. The number of anilines is 1. The van der Waals surface area contributed by atoms with Gasteiger partial charge in [0.05, 0.1) is 17.7 Å². The molecule has 1 atom stereocenters. The number of amides is 2. The number of halogens is 1. The highest BCUT2D eigenvalue weighted by Gasteiger charge is 2.33. The highest BCUT2D eigenvalue weighted by atomic mass is 79.9. The molecule has 0 aliphatic carbocycles. The predicted molar refractivity (Wildman–Crippen MR) is 151 cm³/mol. The van der Waals surface area contributed by atoms with Crippen LogP contribution >= 0.6 is 15.9 Å². The Morgan fingerprint density at radius 3 is 2.13 bits per heavy atom. The van der Waals surface area contributed by atoms with Crippen molar-refractivity contribution < 1.29 is 22.7 Å². The Bertz CT molecular complexity index is 1350. The molecule has 202 valence electrons. The van der Waals surface area contributed by atoms with Crippen molar-refractivity contribution in [3.8, 4) is 5.75 Å². The van der Waals surface area contributed by atoms with E-state index in [9.17, 15) is 18.0 Å². The molecule has 0 radical (unpaired) electrons. The first-order valence-electron chi connectivity index (χ1n) is 12.1. The van der Waals surface area contributed by atoms with Crippen molar-refractivity contribution in [2.45, 2.75) is 44.3 Å². The Balaban J connectivity index is 2.05. The van der Waals surface area contributed by atoms with Crippen molar-refractivity contribution in [2.75, 3.05) is 18.0 Å². The topological polar surface area (TPSA) is 96.0 Å². The molecule has 0 saturated carbocycles. The van der Waals surface area contributed by atoms with E-state index in [1.165, 1.54) is 24.1 Å². The minimum atomic E-state index is -4.16. The summed E-state index contributed by atoms with van der Waals surface area (Å²) >= 11 is 3.41. The van der Waals surface area contributed by atoms with E-state index in [2.05, 4.69) is 21.2 Å². The predicted octanol–water partition coefficient (Wildman–Crippen LogP) is 4.59. The van der Waals surface area contributed by atoms with Crippen LogP contribution in [0.2, 0.25) is 0 Å². The monoisotopic (exact) mass is 601 g/mol. The van der Waals surface area contributed by atoms with Crippen LogP contribution in [0.25, 0.3) is 0 Å². The minimum absolute atomic E-state index is 0.0313. The fourth-order valence-corrected chi connectivity index (χ4v) is 5.55. The molecule has 3 rings (SSSR count). The average Bonchev–Trinajstić information content (AvgIpc) is 2.90. The molecular formula is C28H32BrN3O5S. The molecule has 1 N–H and O–H groups in total. The molecule has 0 bridgehead atoms. The first-order chi connectivity index (χ1) is 18.0. The normalized spacial score (nSPS) is 12.1. The highest BCUT2D eigenvalue weighted by molar-refractivity contribution is 9.10. The summed E-state index contributed by atoms with van der Waals surface area (Å²) in [5.74, 6) is -0.574. The SMILES string of the molecule is COc1ccccc1N(CC(=O)N(Cc1ccc(Br)cc1)[C@H](C)C(=O)NC(C)C)S(=O)(=O)c1ccccc1. The van der Waals surface area contributed by atoms with Gasteiger partial charge in [-0.15, -0.1) is 0 Å². The molecule has 3 aromatic carbocycles. The van der Waals surface area contributed by atoms with Gasteiger partial charge in [-0.25, -0.2) is 8.42 Å². The van der Waals surface area contributed by atoms with Crippen LogP contribution in [0.4, 0.5) is 5.69 Å². The number of benzene rings is 3. The largest absolute Gasteiger partial charge is 0.495 e. The van der Waals surface area contributed by atoms with E-state index in [0.717, 1.165) is 14.3 Å². The third kappa shape index (κ3) is 7.14. The van der Waals surface area contributed by atoms with Crippen molar-refractivity contribution in [1.29, 1.82) is 0 Å². The van der Waals surface area contributed by atoms with Gasteiger partial charge in [-0.3, -0.25) is 13.9 Å². The van der Waals surface area contributed by atoms with Crippen LogP contribution in [0.1, 0.15) is 26.3 Å². The standard InChI is InChI=1S/C28H32BrN3O5S/c1-20(2)30-28(34)21(3)31(18-22-14-16-23(29)17-15-22)27(33)19-32(25-12-8-9-13-26(25)37-4)38(35,36)24-10-6-5-7-11-24/h5-17,20-21H,18-19H2,1-4H3,(H,30,34)/t21-/m1/s1. The molecule has 0 fully saturated rings. The first kappa shape index (κ1) is 29.2. The van der Waals surface area contributed by atoms with Crippen molar-refractivity contribution in [1.82, 2.24) is 10.2 Å². The van der Waals surface area contributed by atoms with Gasteiger partial charge in [0.15, 0.2) is 0 Å². The molecule has 2 amide bonds. The lowest BCUT2D eigenvalue weighted by atomic mass is 10.1. The molecule has 0 unspecified atom stereocenters. The van der Waals surface area contributed by atoms with Gasteiger partial charge < -0.3 is 15.0 Å². The van der Waals surface area contributed by atoms with Crippen LogP contribution < -0.4 is 14.4 Å². The molecule has 0 aliphatic heterocycles. The maximum atomic E-state index is 13.9. The van der Waals surface area contributed by atoms with Gasteiger partial charge in [0, 0.05) is 17.1 Å². The summed E-state index contributed by atoms with van der Waals surface area (Å²) < 4.78 is 35.0. The molecule has 10 heteroatoms. The van der Waals surface area contributed by atoms with Crippen LogP contribution in [0, 0.1) is 0 Å². The number of carbonyl (C=O) groups excluding carboxylic acids is 2. The fourth-order valence-electron chi connectivity index (χ4n) is 3.84. The number of nitrogens with one attached hydrogen (secondary N) is 1. The van der Waals surface area contributed by atoms with Crippen molar-refractivity contribution in [3.05, 3.63) is 88.9 Å². The fraction of sp³-hybridized carbons (Fsp3) is 0.286. The quantitative estimate of drug-likeness (QED) is 0.347.